The van der Waals surface area contributed by atoms with E-state index in [4.69, 9.17) is 10.00 Å². The molecule has 4 nitrogen and oxygen atoms in total. The van der Waals surface area contributed by atoms with Gasteiger partial charge in [0.05, 0.1) is 11.3 Å². The lowest BCUT2D eigenvalue weighted by Gasteiger charge is -2.21. The van der Waals surface area contributed by atoms with E-state index in [0.717, 1.165) is 17.3 Å². The second-order valence-electron chi connectivity index (χ2n) is 4.18. The molecule has 1 aromatic carbocycles. The first-order valence-corrected chi connectivity index (χ1v) is 6.58. The number of nitriles is 1. The molecule has 0 spiro atoms. The summed E-state index contributed by atoms with van der Waals surface area (Å²) in [7, 11) is 0. The maximum absolute atomic E-state index is 12.1. The van der Waals surface area contributed by atoms with Crippen LogP contribution in [0, 0.1) is 17.2 Å². The highest BCUT2D eigenvalue weighted by Gasteiger charge is 2.22. The number of anilines is 1. The first kappa shape index (κ1) is 13.1. The van der Waals surface area contributed by atoms with E-state index >= 15 is 0 Å². The second-order valence-corrected chi connectivity index (χ2v) is 5.09. The molecule has 0 aliphatic carbocycles. The van der Waals surface area contributed by atoms with Crippen molar-refractivity contribution < 1.29 is 9.53 Å². The standard InChI is InChI=1S/C13H13BrN2O2/c14-11-2-1-10(8-15)12(7-11)16-13(17)9-3-5-18-6-4-9/h1-2,7,9H,3-6H2,(H,16,17). The number of halogens is 1. The summed E-state index contributed by atoms with van der Waals surface area (Å²) in [6, 6.07) is 7.28. The van der Waals surface area contributed by atoms with E-state index in [1.165, 1.54) is 0 Å². The van der Waals surface area contributed by atoms with Gasteiger partial charge in [-0.15, -0.1) is 0 Å². The van der Waals surface area contributed by atoms with Crippen molar-refractivity contribution in [2.45, 2.75) is 12.8 Å². The zero-order valence-corrected chi connectivity index (χ0v) is 11.4. The zero-order valence-electron chi connectivity index (χ0n) is 9.78. The molecule has 0 bridgehead atoms. The van der Waals surface area contributed by atoms with Crippen LogP contribution in [0.4, 0.5) is 5.69 Å². The summed E-state index contributed by atoms with van der Waals surface area (Å²) in [5, 5.41) is 11.8. The summed E-state index contributed by atoms with van der Waals surface area (Å²) in [5.74, 6) is -0.0582. The summed E-state index contributed by atoms with van der Waals surface area (Å²) < 4.78 is 6.06. The number of carbonyl (C=O) groups is 1. The van der Waals surface area contributed by atoms with Crippen LogP contribution < -0.4 is 5.32 Å². The fourth-order valence-corrected chi connectivity index (χ4v) is 2.27. The Bertz CT molecular complexity index is 490. The quantitative estimate of drug-likeness (QED) is 0.913. The monoisotopic (exact) mass is 308 g/mol. The molecule has 94 valence electrons. The summed E-state index contributed by atoms with van der Waals surface area (Å²) in [6.07, 6.45) is 1.48. The van der Waals surface area contributed by atoms with E-state index in [-0.39, 0.29) is 11.8 Å². The lowest BCUT2D eigenvalue weighted by atomic mass is 9.99. The molecule has 18 heavy (non-hydrogen) atoms. The highest BCUT2D eigenvalue weighted by Crippen LogP contribution is 2.23. The highest BCUT2D eigenvalue weighted by atomic mass is 79.9. The van der Waals surface area contributed by atoms with Gasteiger partial charge in [-0.25, -0.2) is 0 Å². The van der Waals surface area contributed by atoms with Crippen LogP contribution in [0.5, 0.6) is 0 Å². The van der Waals surface area contributed by atoms with Gasteiger partial charge in [-0.1, -0.05) is 15.9 Å². The van der Waals surface area contributed by atoms with Gasteiger partial charge in [0.2, 0.25) is 5.91 Å². The molecule has 0 atom stereocenters. The Morgan fingerprint density at radius 1 is 1.44 bits per heavy atom. The predicted molar refractivity (Wildman–Crippen MR) is 71.0 cm³/mol. The maximum atomic E-state index is 12.1. The number of ether oxygens (including phenoxy) is 1. The van der Waals surface area contributed by atoms with E-state index in [1.807, 2.05) is 0 Å². The third-order valence-corrected chi connectivity index (χ3v) is 3.45. The number of carbonyl (C=O) groups excluding carboxylic acids is 1. The molecule has 1 aliphatic heterocycles. The molecule has 5 heteroatoms. The summed E-state index contributed by atoms with van der Waals surface area (Å²) in [4.78, 5) is 12.1. The third kappa shape index (κ3) is 3.09. The van der Waals surface area contributed by atoms with Crippen LogP contribution in [-0.2, 0) is 9.53 Å². The smallest absolute Gasteiger partial charge is 0.227 e. The van der Waals surface area contributed by atoms with Crippen molar-refractivity contribution in [2.24, 2.45) is 5.92 Å². The fourth-order valence-electron chi connectivity index (χ4n) is 1.91. The number of amides is 1. The molecule has 1 N–H and O–H groups in total. The molecule has 1 heterocycles. The minimum absolute atomic E-state index is 0.0238. The molecule has 2 rings (SSSR count). The van der Waals surface area contributed by atoms with Gasteiger partial charge in [0, 0.05) is 23.6 Å². The SMILES string of the molecule is N#Cc1ccc(Br)cc1NC(=O)C1CCOCC1. The molecule has 1 aliphatic rings. The van der Waals surface area contributed by atoms with Crippen molar-refractivity contribution in [1.82, 2.24) is 0 Å². The van der Waals surface area contributed by atoms with Crippen molar-refractivity contribution in [3.63, 3.8) is 0 Å². The van der Waals surface area contributed by atoms with Crippen LogP contribution in [-0.4, -0.2) is 19.1 Å². The summed E-state index contributed by atoms with van der Waals surface area (Å²) >= 11 is 3.33. The van der Waals surface area contributed by atoms with Gasteiger partial charge in [-0.2, -0.15) is 5.26 Å². The Labute approximate surface area is 114 Å². The van der Waals surface area contributed by atoms with Gasteiger partial charge in [-0.3, -0.25) is 4.79 Å². The van der Waals surface area contributed by atoms with Crippen molar-refractivity contribution in [3.8, 4) is 6.07 Å². The van der Waals surface area contributed by atoms with E-state index in [2.05, 4.69) is 27.3 Å². The average Bonchev–Trinajstić information content (AvgIpc) is 2.40. The van der Waals surface area contributed by atoms with Crippen LogP contribution in [0.2, 0.25) is 0 Å². The lowest BCUT2D eigenvalue weighted by molar-refractivity contribution is -0.122. The minimum atomic E-state index is -0.0344. The van der Waals surface area contributed by atoms with Crippen molar-refractivity contribution >= 4 is 27.5 Å². The van der Waals surface area contributed by atoms with Crippen molar-refractivity contribution in [2.75, 3.05) is 18.5 Å². The minimum Gasteiger partial charge on any atom is -0.381 e. The molecule has 1 fully saturated rings. The topological polar surface area (TPSA) is 62.1 Å². The van der Waals surface area contributed by atoms with Gasteiger partial charge in [0.25, 0.3) is 0 Å². The Hall–Kier alpha value is -1.38. The molecular weight excluding hydrogens is 296 g/mol. The van der Waals surface area contributed by atoms with E-state index < -0.39 is 0 Å². The van der Waals surface area contributed by atoms with Crippen LogP contribution >= 0.6 is 15.9 Å². The normalized spacial score (nSPS) is 16.0. The van der Waals surface area contributed by atoms with E-state index in [1.54, 1.807) is 18.2 Å². The molecule has 0 radical (unpaired) electrons. The van der Waals surface area contributed by atoms with E-state index in [9.17, 15) is 4.79 Å². The molecule has 0 aromatic heterocycles. The second kappa shape index (κ2) is 5.98. The first-order valence-electron chi connectivity index (χ1n) is 5.79. The summed E-state index contributed by atoms with van der Waals surface area (Å²) in [6.45, 7) is 1.25. The predicted octanol–water partition coefficient (Wildman–Crippen LogP) is 2.69. The molecule has 0 unspecified atom stereocenters. The average molecular weight is 309 g/mol. The van der Waals surface area contributed by atoms with Crippen LogP contribution in [0.1, 0.15) is 18.4 Å². The Morgan fingerprint density at radius 2 is 2.17 bits per heavy atom. The van der Waals surface area contributed by atoms with Crippen molar-refractivity contribution in [3.05, 3.63) is 28.2 Å². The maximum Gasteiger partial charge on any atom is 0.227 e. The molecule has 1 amide bonds. The molecular formula is C13H13BrN2O2. The lowest BCUT2D eigenvalue weighted by Crippen LogP contribution is -2.28. The molecule has 1 aromatic rings. The molecule has 1 saturated heterocycles. The number of hydrogen-bond donors (Lipinski definition) is 1. The van der Waals surface area contributed by atoms with Gasteiger partial charge in [0.1, 0.15) is 6.07 Å². The van der Waals surface area contributed by atoms with Gasteiger partial charge in [0.15, 0.2) is 0 Å². The molecule has 0 saturated carbocycles. The van der Waals surface area contributed by atoms with E-state index in [0.29, 0.717) is 24.5 Å². The Kier molecular flexibility index (Phi) is 4.34. The number of hydrogen-bond acceptors (Lipinski definition) is 3. The van der Waals surface area contributed by atoms with Gasteiger partial charge in [-0.05, 0) is 31.0 Å². The Balaban J connectivity index is 2.11. The largest absolute Gasteiger partial charge is 0.381 e. The fraction of sp³-hybridized carbons (Fsp3) is 0.385. The van der Waals surface area contributed by atoms with Crippen LogP contribution in [0.25, 0.3) is 0 Å². The Morgan fingerprint density at radius 3 is 2.83 bits per heavy atom. The highest BCUT2D eigenvalue weighted by molar-refractivity contribution is 9.10. The number of nitrogens with zero attached hydrogens (tertiary/aromatic N) is 1. The number of benzene rings is 1. The number of rotatable bonds is 2. The van der Waals surface area contributed by atoms with Crippen LogP contribution in [0.15, 0.2) is 22.7 Å². The first-order chi connectivity index (χ1) is 8.70. The number of nitrogens with one attached hydrogen (secondary N) is 1. The van der Waals surface area contributed by atoms with Crippen LogP contribution in [0.3, 0.4) is 0 Å². The van der Waals surface area contributed by atoms with Gasteiger partial charge < -0.3 is 10.1 Å². The van der Waals surface area contributed by atoms with Crippen molar-refractivity contribution in [1.29, 1.82) is 5.26 Å². The third-order valence-electron chi connectivity index (χ3n) is 2.95. The zero-order chi connectivity index (χ0) is 13.0. The summed E-state index contributed by atoms with van der Waals surface area (Å²) in [5.41, 5.74) is 1.03. The van der Waals surface area contributed by atoms with Gasteiger partial charge >= 0.3 is 0 Å².